The second kappa shape index (κ2) is 5.71. The summed E-state index contributed by atoms with van der Waals surface area (Å²) in [5.74, 6) is -2.00. The Labute approximate surface area is 107 Å². The van der Waals surface area contributed by atoms with E-state index in [1.165, 1.54) is 0 Å². The molecule has 1 aromatic carbocycles. The van der Waals surface area contributed by atoms with Gasteiger partial charge in [-0.15, -0.1) is 0 Å². The molecule has 18 heavy (non-hydrogen) atoms. The summed E-state index contributed by atoms with van der Waals surface area (Å²) in [6.07, 6.45) is 0. The van der Waals surface area contributed by atoms with Crippen LogP contribution in [0.5, 0.6) is 5.75 Å². The fourth-order valence-corrected chi connectivity index (χ4v) is 1.90. The van der Waals surface area contributed by atoms with Gasteiger partial charge in [-0.25, -0.2) is 4.79 Å². The van der Waals surface area contributed by atoms with Crippen molar-refractivity contribution in [3.8, 4) is 5.75 Å². The summed E-state index contributed by atoms with van der Waals surface area (Å²) in [5, 5.41) is 19.4. The second-order valence-corrected chi connectivity index (χ2v) is 3.57. The first kappa shape index (κ1) is 14.3. The summed E-state index contributed by atoms with van der Waals surface area (Å²) < 4.78 is 28.3. The van der Waals surface area contributed by atoms with Gasteiger partial charge in [0.25, 0.3) is 5.69 Å². The van der Waals surface area contributed by atoms with Gasteiger partial charge in [0.15, 0.2) is 0 Å². The number of rotatable bonds is 5. The predicted octanol–water partition coefficient (Wildman–Crippen LogP) is 2.79. The fourth-order valence-electron chi connectivity index (χ4n) is 1.35. The van der Waals surface area contributed by atoms with Gasteiger partial charge in [0.1, 0.15) is 11.3 Å². The van der Waals surface area contributed by atoms with Gasteiger partial charge in [-0.05, 0) is 6.07 Å². The number of carbonyl (C=O) groups is 1. The van der Waals surface area contributed by atoms with Gasteiger partial charge in [-0.2, -0.15) is 8.78 Å². The number of ether oxygens (including phenoxy) is 1. The highest BCUT2D eigenvalue weighted by molar-refractivity contribution is 9.08. The first-order chi connectivity index (χ1) is 8.38. The van der Waals surface area contributed by atoms with Crippen LogP contribution in [0.15, 0.2) is 12.1 Å². The molecule has 9 heteroatoms. The molecule has 0 saturated heterocycles. The molecule has 0 aliphatic heterocycles. The van der Waals surface area contributed by atoms with E-state index in [9.17, 15) is 23.7 Å². The summed E-state index contributed by atoms with van der Waals surface area (Å²) in [7, 11) is 0. The molecule has 1 rings (SSSR count). The minimum atomic E-state index is -3.15. The Hall–Kier alpha value is -1.77. The number of nitro benzene ring substituents is 1. The average Bonchev–Trinajstić information content (AvgIpc) is 2.26. The van der Waals surface area contributed by atoms with E-state index in [1.807, 2.05) is 0 Å². The highest BCUT2D eigenvalue weighted by Crippen LogP contribution is 2.33. The van der Waals surface area contributed by atoms with E-state index in [2.05, 4.69) is 20.7 Å². The number of benzene rings is 1. The Morgan fingerprint density at radius 1 is 1.56 bits per heavy atom. The zero-order valence-corrected chi connectivity index (χ0v) is 10.2. The van der Waals surface area contributed by atoms with Gasteiger partial charge in [0.2, 0.25) is 0 Å². The summed E-state index contributed by atoms with van der Waals surface area (Å²) in [6, 6.07) is 1.75. The van der Waals surface area contributed by atoms with Crippen molar-refractivity contribution in [2.24, 2.45) is 0 Å². The minimum absolute atomic E-state index is 0.168. The molecular weight excluding hydrogens is 320 g/mol. The number of carboxylic acid groups (broad SMARTS) is 1. The lowest BCUT2D eigenvalue weighted by Gasteiger charge is -2.11. The van der Waals surface area contributed by atoms with Crippen LogP contribution in [0, 0.1) is 10.1 Å². The number of carboxylic acids is 1. The van der Waals surface area contributed by atoms with E-state index in [0.29, 0.717) is 0 Å². The summed E-state index contributed by atoms with van der Waals surface area (Å²) >= 11 is 2.89. The van der Waals surface area contributed by atoms with Crippen molar-refractivity contribution in [2.75, 3.05) is 0 Å². The summed E-state index contributed by atoms with van der Waals surface area (Å²) in [4.78, 5) is 20.7. The van der Waals surface area contributed by atoms with Gasteiger partial charge in [0.05, 0.1) is 4.92 Å². The van der Waals surface area contributed by atoms with Crippen LogP contribution in [0.1, 0.15) is 15.9 Å². The molecule has 0 heterocycles. The normalized spacial score (nSPS) is 10.4. The maximum Gasteiger partial charge on any atom is 0.387 e. The van der Waals surface area contributed by atoms with E-state index < -0.39 is 34.5 Å². The van der Waals surface area contributed by atoms with Crippen LogP contribution in [-0.2, 0) is 5.33 Å². The molecule has 0 aromatic heterocycles. The monoisotopic (exact) mass is 325 g/mol. The van der Waals surface area contributed by atoms with E-state index in [0.717, 1.165) is 12.1 Å². The Bertz CT molecular complexity index is 494. The van der Waals surface area contributed by atoms with Gasteiger partial charge in [-0.1, -0.05) is 15.9 Å². The molecule has 0 saturated carbocycles. The van der Waals surface area contributed by atoms with Gasteiger partial charge in [-0.3, -0.25) is 10.1 Å². The lowest BCUT2D eigenvalue weighted by atomic mass is 10.1. The highest BCUT2D eigenvalue weighted by atomic mass is 79.9. The second-order valence-electron chi connectivity index (χ2n) is 3.01. The number of nitrogens with zero attached hydrogens (tertiary/aromatic N) is 1. The van der Waals surface area contributed by atoms with Crippen LogP contribution in [0.3, 0.4) is 0 Å². The zero-order valence-electron chi connectivity index (χ0n) is 8.60. The molecular formula is C9H6BrF2NO5. The molecule has 98 valence electrons. The van der Waals surface area contributed by atoms with E-state index in [-0.39, 0.29) is 10.9 Å². The third-order valence-corrected chi connectivity index (χ3v) is 2.57. The third-order valence-electron chi connectivity index (χ3n) is 2.01. The molecule has 0 radical (unpaired) electrons. The van der Waals surface area contributed by atoms with Crippen molar-refractivity contribution >= 4 is 27.6 Å². The summed E-state index contributed by atoms with van der Waals surface area (Å²) in [5.41, 5.74) is -1.56. The van der Waals surface area contributed by atoms with Crippen LogP contribution in [0.4, 0.5) is 14.5 Å². The van der Waals surface area contributed by atoms with Crippen LogP contribution < -0.4 is 4.74 Å². The van der Waals surface area contributed by atoms with Crippen molar-refractivity contribution in [2.45, 2.75) is 11.9 Å². The fraction of sp³-hybridized carbons (Fsp3) is 0.222. The number of alkyl halides is 3. The van der Waals surface area contributed by atoms with Crippen molar-refractivity contribution in [3.05, 3.63) is 33.4 Å². The SMILES string of the molecule is O=C(O)c1c([N+](=O)[O-])ccc(OC(F)F)c1CBr. The number of hydrogen-bond acceptors (Lipinski definition) is 4. The predicted molar refractivity (Wildman–Crippen MR) is 59.3 cm³/mol. The molecule has 0 aliphatic carbocycles. The topological polar surface area (TPSA) is 89.7 Å². The molecule has 0 atom stereocenters. The molecule has 0 amide bonds. The van der Waals surface area contributed by atoms with E-state index in [1.54, 1.807) is 0 Å². The molecule has 6 nitrogen and oxygen atoms in total. The average molecular weight is 326 g/mol. The number of halogens is 3. The summed E-state index contributed by atoms with van der Waals surface area (Å²) in [6.45, 7) is -3.15. The number of aromatic carboxylic acids is 1. The molecule has 1 N–H and O–H groups in total. The lowest BCUT2D eigenvalue weighted by molar-refractivity contribution is -0.385. The first-order valence-corrected chi connectivity index (χ1v) is 5.55. The lowest BCUT2D eigenvalue weighted by Crippen LogP contribution is -2.10. The van der Waals surface area contributed by atoms with Crippen LogP contribution >= 0.6 is 15.9 Å². The number of nitro groups is 1. The Kier molecular flexibility index (Phi) is 4.54. The minimum Gasteiger partial charge on any atom is -0.477 e. The molecule has 0 fully saturated rings. The van der Waals surface area contributed by atoms with Crippen molar-refractivity contribution in [1.29, 1.82) is 0 Å². The van der Waals surface area contributed by atoms with Crippen LogP contribution in [-0.4, -0.2) is 22.6 Å². The van der Waals surface area contributed by atoms with E-state index >= 15 is 0 Å². The quantitative estimate of drug-likeness (QED) is 0.510. The standard InChI is InChI=1S/C9H6BrF2NO5/c10-3-4-6(18-9(11)12)2-1-5(13(16)17)7(4)8(14)15/h1-2,9H,3H2,(H,14,15). The van der Waals surface area contributed by atoms with Crippen molar-refractivity contribution < 1.29 is 28.3 Å². The molecule has 1 aromatic rings. The van der Waals surface area contributed by atoms with Crippen LogP contribution in [0.25, 0.3) is 0 Å². The Morgan fingerprint density at radius 2 is 2.17 bits per heavy atom. The largest absolute Gasteiger partial charge is 0.477 e. The maximum absolute atomic E-state index is 12.1. The van der Waals surface area contributed by atoms with Crippen LogP contribution in [0.2, 0.25) is 0 Å². The number of hydrogen-bond donors (Lipinski definition) is 1. The third kappa shape index (κ3) is 2.92. The smallest absolute Gasteiger partial charge is 0.387 e. The van der Waals surface area contributed by atoms with Crippen molar-refractivity contribution in [1.82, 2.24) is 0 Å². The molecule has 0 spiro atoms. The maximum atomic E-state index is 12.1. The Balaban J connectivity index is 3.47. The molecule has 0 aliphatic rings. The van der Waals surface area contributed by atoms with E-state index in [4.69, 9.17) is 5.11 Å². The Morgan fingerprint density at radius 3 is 2.56 bits per heavy atom. The molecule has 0 bridgehead atoms. The van der Waals surface area contributed by atoms with Crippen molar-refractivity contribution in [3.63, 3.8) is 0 Å². The van der Waals surface area contributed by atoms with Gasteiger partial charge >= 0.3 is 12.6 Å². The molecule has 0 unspecified atom stereocenters. The first-order valence-electron chi connectivity index (χ1n) is 4.42. The van der Waals surface area contributed by atoms with Gasteiger partial charge < -0.3 is 9.84 Å². The van der Waals surface area contributed by atoms with Gasteiger partial charge in [0, 0.05) is 17.0 Å². The highest BCUT2D eigenvalue weighted by Gasteiger charge is 2.27. The zero-order chi connectivity index (χ0) is 13.9.